The molecule has 3 aromatic carbocycles. The molecule has 7 heteroatoms. The number of rotatable bonds is 11. The van der Waals surface area contributed by atoms with Gasteiger partial charge in [0.15, 0.2) is 6.61 Å². The van der Waals surface area contributed by atoms with Gasteiger partial charge in [-0.25, -0.2) is 0 Å². The third-order valence-corrected chi connectivity index (χ3v) is 6.93. The quantitative estimate of drug-likeness (QED) is 0.300. The lowest BCUT2D eigenvalue weighted by atomic mass is 10.0. The molecule has 1 N–H and O–H groups in total. The Morgan fingerprint density at radius 1 is 0.946 bits per heavy atom. The maximum absolute atomic E-state index is 13.7. The summed E-state index contributed by atoms with van der Waals surface area (Å²) in [4.78, 5) is 28.8. The predicted molar refractivity (Wildman–Crippen MR) is 150 cm³/mol. The number of ether oxygens (including phenoxy) is 1. The second-order valence-corrected chi connectivity index (χ2v) is 10.2. The summed E-state index contributed by atoms with van der Waals surface area (Å²) >= 11 is 13.0. The van der Waals surface area contributed by atoms with Crippen LogP contribution >= 0.6 is 23.2 Å². The van der Waals surface area contributed by atoms with Crippen LogP contribution in [-0.4, -0.2) is 35.4 Å². The van der Waals surface area contributed by atoms with Gasteiger partial charge in [-0.3, -0.25) is 9.59 Å². The summed E-state index contributed by atoms with van der Waals surface area (Å²) in [5.74, 6) is 0.0294. The molecular formula is C30H34Cl2N2O3. The van der Waals surface area contributed by atoms with E-state index in [0.29, 0.717) is 27.8 Å². The maximum atomic E-state index is 13.7. The lowest BCUT2D eigenvalue weighted by Gasteiger charge is -2.32. The third kappa shape index (κ3) is 8.24. The Morgan fingerprint density at radius 3 is 2.16 bits per heavy atom. The SMILES string of the molecule is CC[C@@H](C)NC(=O)[C@H](Cc1ccccc1)N(Cc1c(Cl)cccc1Cl)C(=O)COc1cc(C)cc(C)c1. The molecular weight excluding hydrogens is 507 g/mol. The molecule has 37 heavy (non-hydrogen) atoms. The highest BCUT2D eigenvalue weighted by Crippen LogP contribution is 2.27. The fourth-order valence-corrected chi connectivity index (χ4v) is 4.61. The molecule has 0 fully saturated rings. The number of hydrogen-bond donors (Lipinski definition) is 1. The summed E-state index contributed by atoms with van der Waals surface area (Å²) in [7, 11) is 0. The molecule has 0 saturated carbocycles. The molecule has 0 aromatic heterocycles. The number of nitrogens with one attached hydrogen (secondary N) is 1. The van der Waals surface area contributed by atoms with Crippen molar-refractivity contribution in [3.05, 3.63) is 99.0 Å². The van der Waals surface area contributed by atoms with Gasteiger partial charge in [-0.05, 0) is 68.1 Å². The van der Waals surface area contributed by atoms with Crippen LogP contribution in [0.5, 0.6) is 5.75 Å². The minimum atomic E-state index is -0.793. The van der Waals surface area contributed by atoms with Crippen molar-refractivity contribution in [3.63, 3.8) is 0 Å². The third-order valence-electron chi connectivity index (χ3n) is 6.22. The minimum absolute atomic E-state index is 0.0434. The number of hydrogen-bond acceptors (Lipinski definition) is 3. The Balaban J connectivity index is 1.97. The van der Waals surface area contributed by atoms with E-state index in [1.165, 1.54) is 4.90 Å². The first-order chi connectivity index (χ1) is 17.7. The molecule has 2 atom stereocenters. The van der Waals surface area contributed by atoms with Gasteiger partial charge in [0, 0.05) is 34.6 Å². The van der Waals surface area contributed by atoms with Crippen molar-refractivity contribution in [2.75, 3.05) is 6.61 Å². The fourth-order valence-electron chi connectivity index (χ4n) is 4.09. The molecule has 0 aliphatic rings. The lowest BCUT2D eigenvalue weighted by molar-refractivity contribution is -0.143. The minimum Gasteiger partial charge on any atom is -0.484 e. The van der Waals surface area contributed by atoms with E-state index in [4.69, 9.17) is 27.9 Å². The van der Waals surface area contributed by atoms with Crippen LogP contribution in [0.2, 0.25) is 10.0 Å². The molecule has 5 nitrogen and oxygen atoms in total. The molecule has 2 amide bonds. The second-order valence-electron chi connectivity index (χ2n) is 9.36. The van der Waals surface area contributed by atoms with E-state index in [0.717, 1.165) is 23.1 Å². The number of nitrogens with zero attached hydrogens (tertiary/aromatic N) is 1. The number of carbonyl (C=O) groups excluding carboxylic acids is 2. The van der Waals surface area contributed by atoms with Crippen molar-refractivity contribution >= 4 is 35.0 Å². The van der Waals surface area contributed by atoms with E-state index in [1.807, 2.05) is 76.2 Å². The molecule has 0 spiro atoms. The standard InChI is InChI=1S/C30H34Cl2N2O3/c1-5-22(4)33-30(36)28(17-23-10-7-6-8-11-23)34(18-25-26(31)12-9-13-27(25)32)29(35)19-37-24-15-20(2)14-21(3)16-24/h6-16,22,28H,5,17-19H2,1-4H3,(H,33,36)/t22-,28+/m1/s1. The van der Waals surface area contributed by atoms with Crippen molar-refractivity contribution in [3.8, 4) is 5.75 Å². The number of halogens is 2. The van der Waals surface area contributed by atoms with Gasteiger partial charge in [-0.15, -0.1) is 0 Å². The van der Waals surface area contributed by atoms with Gasteiger partial charge in [0.05, 0.1) is 0 Å². The van der Waals surface area contributed by atoms with Gasteiger partial charge >= 0.3 is 0 Å². The smallest absolute Gasteiger partial charge is 0.261 e. The van der Waals surface area contributed by atoms with E-state index in [-0.39, 0.29) is 31.0 Å². The first-order valence-electron chi connectivity index (χ1n) is 12.5. The average Bonchev–Trinajstić information content (AvgIpc) is 2.86. The van der Waals surface area contributed by atoms with E-state index in [2.05, 4.69) is 5.32 Å². The molecule has 3 aromatic rings. The highest BCUT2D eigenvalue weighted by atomic mass is 35.5. The van der Waals surface area contributed by atoms with Crippen molar-refractivity contribution < 1.29 is 14.3 Å². The summed E-state index contributed by atoms with van der Waals surface area (Å²) in [6, 6.07) is 19.8. The number of carbonyl (C=O) groups is 2. The molecule has 0 aliphatic carbocycles. The molecule has 0 saturated heterocycles. The highest BCUT2D eigenvalue weighted by molar-refractivity contribution is 6.36. The zero-order valence-corrected chi connectivity index (χ0v) is 23.3. The van der Waals surface area contributed by atoms with Gasteiger partial charge in [0.25, 0.3) is 5.91 Å². The Labute approximate surface area is 229 Å². The zero-order chi connectivity index (χ0) is 26.9. The van der Waals surface area contributed by atoms with Crippen LogP contribution in [0.3, 0.4) is 0 Å². The van der Waals surface area contributed by atoms with Crippen molar-refractivity contribution in [2.45, 2.75) is 59.2 Å². The monoisotopic (exact) mass is 540 g/mol. The summed E-state index contributed by atoms with van der Waals surface area (Å²) in [6.07, 6.45) is 1.10. The molecule has 0 bridgehead atoms. The van der Waals surface area contributed by atoms with E-state index in [9.17, 15) is 9.59 Å². The molecule has 0 radical (unpaired) electrons. The van der Waals surface area contributed by atoms with Gasteiger partial charge in [-0.1, -0.05) is 72.6 Å². The zero-order valence-electron chi connectivity index (χ0n) is 21.8. The second kappa shape index (κ2) is 13.5. The Kier molecular flexibility index (Phi) is 10.4. The van der Waals surface area contributed by atoms with Gasteiger partial charge in [0.1, 0.15) is 11.8 Å². The summed E-state index contributed by atoms with van der Waals surface area (Å²) in [5.41, 5.74) is 3.60. The van der Waals surface area contributed by atoms with Gasteiger partial charge in [-0.2, -0.15) is 0 Å². The van der Waals surface area contributed by atoms with Crippen LogP contribution in [-0.2, 0) is 22.6 Å². The summed E-state index contributed by atoms with van der Waals surface area (Å²) in [5, 5.41) is 3.91. The summed E-state index contributed by atoms with van der Waals surface area (Å²) < 4.78 is 5.90. The first-order valence-corrected chi connectivity index (χ1v) is 13.2. The largest absolute Gasteiger partial charge is 0.484 e. The highest BCUT2D eigenvalue weighted by Gasteiger charge is 2.32. The fraction of sp³-hybridized carbons (Fsp3) is 0.333. The van der Waals surface area contributed by atoms with Crippen LogP contribution in [0.4, 0.5) is 0 Å². The van der Waals surface area contributed by atoms with Crippen LogP contribution in [0.25, 0.3) is 0 Å². The van der Waals surface area contributed by atoms with Crippen LogP contribution < -0.4 is 10.1 Å². The predicted octanol–water partition coefficient (Wildman–Crippen LogP) is 6.54. The van der Waals surface area contributed by atoms with E-state index < -0.39 is 6.04 Å². The van der Waals surface area contributed by atoms with Crippen molar-refractivity contribution in [2.24, 2.45) is 0 Å². The van der Waals surface area contributed by atoms with Crippen molar-refractivity contribution in [1.82, 2.24) is 10.2 Å². The normalized spacial score (nSPS) is 12.5. The van der Waals surface area contributed by atoms with Crippen LogP contribution in [0.15, 0.2) is 66.7 Å². The van der Waals surface area contributed by atoms with Gasteiger partial charge < -0.3 is 15.0 Å². The molecule has 0 unspecified atom stereocenters. The summed E-state index contributed by atoms with van der Waals surface area (Å²) in [6.45, 7) is 7.73. The Morgan fingerprint density at radius 2 is 1.57 bits per heavy atom. The van der Waals surface area contributed by atoms with E-state index in [1.54, 1.807) is 18.2 Å². The van der Waals surface area contributed by atoms with Crippen molar-refractivity contribution in [1.29, 1.82) is 0 Å². The maximum Gasteiger partial charge on any atom is 0.261 e. The number of aryl methyl sites for hydroxylation is 2. The topological polar surface area (TPSA) is 58.6 Å². The first kappa shape index (κ1) is 28.5. The Hall–Kier alpha value is -3.02. The number of benzene rings is 3. The molecule has 0 aliphatic heterocycles. The number of amides is 2. The van der Waals surface area contributed by atoms with E-state index >= 15 is 0 Å². The molecule has 3 rings (SSSR count). The molecule has 196 valence electrons. The lowest BCUT2D eigenvalue weighted by Crippen LogP contribution is -2.53. The van der Waals surface area contributed by atoms with Crippen LogP contribution in [0, 0.1) is 13.8 Å². The van der Waals surface area contributed by atoms with Crippen LogP contribution in [0.1, 0.15) is 42.5 Å². The Bertz CT molecular complexity index is 1180. The average molecular weight is 542 g/mol. The molecule has 0 heterocycles. The van der Waals surface area contributed by atoms with Gasteiger partial charge in [0.2, 0.25) is 5.91 Å².